The molecule has 0 aliphatic heterocycles. The summed E-state index contributed by atoms with van der Waals surface area (Å²) in [5, 5.41) is 5.48. The second-order valence-electron chi connectivity index (χ2n) is 6.66. The molecule has 4 nitrogen and oxygen atoms in total. The maximum absolute atomic E-state index is 12.4. The van der Waals surface area contributed by atoms with Gasteiger partial charge in [-0.3, -0.25) is 9.59 Å². The number of carbonyl (C=O) groups is 2. The van der Waals surface area contributed by atoms with Crippen molar-refractivity contribution in [1.82, 2.24) is 5.32 Å². The third-order valence-electron chi connectivity index (χ3n) is 4.23. The molecular formula is C26H22N2O2. The molecule has 3 aromatic rings. The fraction of sp³-hybridized carbons (Fsp3) is 0.0769. The first-order valence-electron chi connectivity index (χ1n) is 9.62. The Kier molecular flexibility index (Phi) is 7.18. The Hall–Kier alpha value is -4.10. The van der Waals surface area contributed by atoms with Gasteiger partial charge in [0.05, 0.1) is 0 Å². The fourth-order valence-corrected chi connectivity index (χ4v) is 2.65. The molecule has 3 aromatic carbocycles. The van der Waals surface area contributed by atoms with Gasteiger partial charge >= 0.3 is 0 Å². The quantitative estimate of drug-likeness (QED) is 0.502. The van der Waals surface area contributed by atoms with Crippen molar-refractivity contribution in [2.75, 3.05) is 5.32 Å². The van der Waals surface area contributed by atoms with Gasteiger partial charge in [-0.05, 0) is 48.9 Å². The molecule has 0 aliphatic rings. The van der Waals surface area contributed by atoms with Crippen LogP contribution in [0.2, 0.25) is 0 Å². The Balaban J connectivity index is 1.57. The van der Waals surface area contributed by atoms with Crippen molar-refractivity contribution in [3.63, 3.8) is 0 Å². The van der Waals surface area contributed by atoms with E-state index in [2.05, 4.69) is 22.5 Å². The molecule has 0 saturated carbocycles. The number of hydrogen-bond donors (Lipinski definition) is 2. The van der Waals surface area contributed by atoms with E-state index in [9.17, 15) is 9.59 Å². The van der Waals surface area contributed by atoms with Crippen LogP contribution in [0.1, 0.15) is 23.6 Å². The predicted octanol–water partition coefficient (Wildman–Crippen LogP) is 4.24. The number of anilines is 1. The SMILES string of the molecule is CC(NC(=O)/C=C/c1ccccc1)C(=O)Nc1cccc(C#Cc2ccccc2)c1. The van der Waals surface area contributed by atoms with Crippen LogP contribution in [-0.4, -0.2) is 17.9 Å². The lowest BCUT2D eigenvalue weighted by atomic mass is 10.1. The van der Waals surface area contributed by atoms with Gasteiger partial charge in [-0.2, -0.15) is 0 Å². The second-order valence-corrected chi connectivity index (χ2v) is 6.66. The summed E-state index contributed by atoms with van der Waals surface area (Å²) in [5.74, 6) is 5.55. The molecule has 1 unspecified atom stereocenters. The highest BCUT2D eigenvalue weighted by Gasteiger charge is 2.14. The Bertz CT molecular complexity index is 1090. The lowest BCUT2D eigenvalue weighted by Crippen LogP contribution is -2.40. The average molecular weight is 394 g/mol. The van der Waals surface area contributed by atoms with Crippen molar-refractivity contribution in [1.29, 1.82) is 0 Å². The van der Waals surface area contributed by atoms with Crippen molar-refractivity contribution in [3.05, 3.63) is 108 Å². The summed E-state index contributed by atoms with van der Waals surface area (Å²) in [7, 11) is 0. The monoisotopic (exact) mass is 394 g/mol. The molecule has 1 atom stereocenters. The van der Waals surface area contributed by atoms with Gasteiger partial charge in [-0.15, -0.1) is 0 Å². The second kappa shape index (κ2) is 10.4. The standard InChI is InChI=1S/C26H22N2O2/c1-20(27-25(29)18-17-22-11-6-3-7-12-22)26(30)28-24-14-8-13-23(19-24)16-15-21-9-4-2-5-10-21/h2-14,17-20H,1H3,(H,27,29)(H,28,30)/b18-17+. The van der Waals surface area contributed by atoms with Crippen LogP contribution < -0.4 is 10.6 Å². The molecule has 148 valence electrons. The first-order chi connectivity index (χ1) is 14.6. The minimum absolute atomic E-state index is 0.301. The van der Waals surface area contributed by atoms with Crippen LogP contribution in [0.4, 0.5) is 5.69 Å². The van der Waals surface area contributed by atoms with Gasteiger partial charge in [-0.1, -0.05) is 66.4 Å². The molecule has 4 heteroatoms. The molecule has 2 N–H and O–H groups in total. The van der Waals surface area contributed by atoms with Crippen LogP contribution in [-0.2, 0) is 9.59 Å². The summed E-state index contributed by atoms with van der Waals surface area (Å²) in [6.45, 7) is 1.64. The number of nitrogens with one attached hydrogen (secondary N) is 2. The normalized spacial score (nSPS) is 11.2. The van der Waals surface area contributed by atoms with Gasteiger partial charge in [0.1, 0.15) is 6.04 Å². The van der Waals surface area contributed by atoms with Crippen LogP contribution in [0.3, 0.4) is 0 Å². The van der Waals surface area contributed by atoms with E-state index in [1.54, 1.807) is 25.1 Å². The summed E-state index contributed by atoms with van der Waals surface area (Å²) in [6.07, 6.45) is 3.12. The van der Waals surface area contributed by atoms with Crippen LogP contribution >= 0.6 is 0 Å². The van der Waals surface area contributed by atoms with E-state index < -0.39 is 6.04 Å². The number of hydrogen-bond acceptors (Lipinski definition) is 2. The van der Waals surface area contributed by atoms with Crippen molar-refractivity contribution in [2.45, 2.75) is 13.0 Å². The fourth-order valence-electron chi connectivity index (χ4n) is 2.65. The first-order valence-corrected chi connectivity index (χ1v) is 9.62. The number of benzene rings is 3. The minimum atomic E-state index is -0.683. The van der Waals surface area contributed by atoms with Gasteiger partial charge < -0.3 is 10.6 Å². The van der Waals surface area contributed by atoms with Crippen LogP contribution in [0.15, 0.2) is 91.0 Å². The molecule has 0 spiro atoms. The Morgan fingerprint density at radius 2 is 1.47 bits per heavy atom. The zero-order valence-corrected chi connectivity index (χ0v) is 16.6. The largest absolute Gasteiger partial charge is 0.341 e. The van der Waals surface area contributed by atoms with Crippen LogP contribution in [0.5, 0.6) is 0 Å². The van der Waals surface area contributed by atoms with Crippen molar-refractivity contribution >= 4 is 23.6 Å². The van der Waals surface area contributed by atoms with Crippen molar-refractivity contribution < 1.29 is 9.59 Å². The number of amides is 2. The van der Waals surface area contributed by atoms with E-state index in [-0.39, 0.29) is 11.8 Å². The van der Waals surface area contributed by atoms with Gasteiger partial charge in [0.15, 0.2) is 0 Å². The van der Waals surface area contributed by atoms with Crippen LogP contribution in [0, 0.1) is 11.8 Å². The van der Waals surface area contributed by atoms with E-state index in [1.165, 1.54) is 6.08 Å². The lowest BCUT2D eigenvalue weighted by Gasteiger charge is -2.13. The smallest absolute Gasteiger partial charge is 0.246 e. The molecule has 30 heavy (non-hydrogen) atoms. The zero-order valence-electron chi connectivity index (χ0n) is 16.6. The predicted molar refractivity (Wildman–Crippen MR) is 121 cm³/mol. The van der Waals surface area contributed by atoms with E-state index in [4.69, 9.17) is 0 Å². The van der Waals surface area contributed by atoms with Crippen molar-refractivity contribution in [2.24, 2.45) is 0 Å². The Morgan fingerprint density at radius 1 is 0.833 bits per heavy atom. The zero-order chi connectivity index (χ0) is 21.2. The minimum Gasteiger partial charge on any atom is -0.341 e. The molecular weight excluding hydrogens is 372 g/mol. The maximum Gasteiger partial charge on any atom is 0.246 e. The third kappa shape index (κ3) is 6.50. The Morgan fingerprint density at radius 3 is 2.20 bits per heavy atom. The molecule has 0 aliphatic carbocycles. The van der Waals surface area contributed by atoms with Crippen molar-refractivity contribution in [3.8, 4) is 11.8 Å². The molecule has 0 saturated heterocycles. The summed E-state index contributed by atoms with van der Waals surface area (Å²) >= 11 is 0. The summed E-state index contributed by atoms with van der Waals surface area (Å²) in [4.78, 5) is 24.5. The summed E-state index contributed by atoms with van der Waals surface area (Å²) in [5.41, 5.74) is 3.25. The highest BCUT2D eigenvalue weighted by molar-refractivity contribution is 5.99. The molecule has 0 radical (unpaired) electrons. The van der Waals surface area contributed by atoms with E-state index >= 15 is 0 Å². The van der Waals surface area contributed by atoms with Gasteiger partial charge in [0, 0.05) is 22.9 Å². The van der Waals surface area contributed by atoms with Gasteiger partial charge in [0.25, 0.3) is 0 Å². The van der Waals surface area contributed by atoms with E-state index in [0.717, 1.165) is 16.7 Å². The van der Waals surface area contributed by atoms with Gasteiger partial charge in [0.2, 0.25) is 11.8 Å². The molecule has 0 fully saturated rings. The summed E-state index contributed by atoms with van der Waals surface area (Å²) in [6, 6.07) is 25.8. The molecule has 3 rings (SSSR count). The molecule has 0 bridgehead atoms. The summed E-state index contributed by atoms with van der Waals surface area (Å²) < 4.78 is 0. The third-order valence-corrected chi connectivity index (χ3v) is 4.23. The average Bonchev–Trinajstić information content (AvgIpc) is 2.78. The topological polar surface area (TPSA) is 58.2 Å². The number of rotatable bonds is 5. The van der Waals surface area contributed by atoms with E-state index in [0.29, 0.717) is 5.69 Å². The maximum atomic E-state index is 12.4. The molecule has 2 amide bonds. The molecule has 0 aromatic heterocycles. The van der Waals surface area contributed by atoms with E-state index in [1.807, 2.05) is 72.8 Å². The first kappa shape index (κ1) is 20.6. The lowest BCUT2D eigenvalue weighted by molar-refractivity contribution is -0.123. The van der Waals surface area contributed by atoms with Gasteiger partial charge in [-0.25, -0.2) is 0 Å². The number of carbonyl (C=O) groups excluding carboxylic acids is 2. The highest BCUT2D eigenvalue weighted by atomic mass is 16.2. The van der Waals surface area contributed by atoms with Crippen LogP contribution in [0.25, 0.3) is 6.08 Å². The highest BCUT2D eigenvalue weighted by Crippen LogP contribution is 2.11. The molecule has 0 heterocycles. The Labute approximate surface area is 176 Å².